The van der Waals surface area contributed by atoms with Gasteiger partial charge in [-0.2, -0.15) is 0 Å². The number of nitrogens with two attached hydrogens (primary N) is 1. The number of pyridine rings is 1. The summed E-state index contributed by atoms with van der Waals surface area (Å²) in [6.07, 6.45) is 8.42. The Morgan fingerprint density at radius 1 is 1.25 bits per heavy atom. The third kappa shape index (κ3) is 2.85. The monoisotopic (exact) mass is 271 g/mol. The number of nitrogen functional groups attached to an aromatic ring is 1. The molecule has 1 fully saturated rings. The lowest BCUT2D eigenvalue weighted by Gasteiger charge is -2.28. The molecule has 4 heteroatoms. The summed E-state index contributed by atoms with van der Waals surface area (Å²) < 4.78 is 5.64. The minimum Gasteiger partial charge on any atom is -0.468 e. The van der Waals surface area contributed by atoms with Crippen LogP contribution in [0.15, 0.2) is 41.1 Å². The summed E-state index contributed by atoms with van der Waals surface area (Å²) in [5.41, 5.74) is 7.08. The smallest absolute Gasteiger partial charge is 0.127 e. The molecule has 0 saturated carbocycles. The molecule has 1 unspecified atom stereocenters. The maximum absolute atomic E-state index is 5.98. The number of nitrogens with zero attached hydrogens (tertiary/aromatic N) is 2. The Kier molecular flexibility index (Phi) is 4.02. The Hall–Kier alpha value is -1.81. The van der Waals surface area contributed by atoms with Gasteiger partial charge in [0, 0.05) is 18.3 Å². The van der Waals surface area contributed by atoms with Crippen molar-refractivity contribution in [1.82, 2.24) is 9.88 Å². The summed E-state index contributed by atoms with van der Waals surface area (Å²) in [5.74, 6) is 1.70. The summed E-state index contributed by atoms with van der Waals surface area (Å²) in [6.45, 7) is 1.92. The molecule has 0 radical (unpaired) electrons. The van der Waals surface area contributed by atoms with E-state index in [0.717, 1.165) is 30.8 Å². The van der Waals surface area contributed by atoms with Gasteiger partial charge in [-0.15, -0.1) is 0 Å². The first kappa shape index (κ1) is 13.2. The van der Waals surface area contributed by atoms with Crippen LogP contribution in [0, 0.1) is 0 Å². The molecule has 1 atom stereocenters. The SMILES string of the molecule is Nc1ncccc1CN1CCCCCC1c1ccco1. The molecule has 0 spiro atoms. The minimum atomic E-state index is 0.354. The molecule has 2 N–H and O–H groups in total. The van der Waals surface area contributed by atoms with Crippen LogP contribution >= 0.6 is 0 Å². The summed E-state index contributed by atoms with van der Waals surface area (Å²) >= 11 is 0. The minimum absolute atomic E-state index is 0.354. The number of furan rings is 1. The molecule has 1 aliphatic rings. The molecule has 106 valence electrons. The van der Waals surface area contributed by atoms with E-state index in [4.69, 9.17) is 10.2 Å². The number of rotatable bonds is 3. The number of hydrogen-bond acceptors (Lipinski definition) is 4. The summed E-state index contributed by atoms with van der Waals surface area (Å²) in [4.78, 5) is 6.65. The third-order valence-electron chi connectivity index (χ3n) is 4.03. The van der Waals surface area contributed by atoms with Gasteiger partial charge in [-0.3, -0.25) is 4.90 Å². The van der Waals surface area contributed by atoms with Crippen molar-refractivity contribution in [2.45, 2.75) is 38.3 Å². The zero-order chi connectivity index (χ0) is 13.8. The van der Waals surface area contributed by atoms with Crippen LogP contribution in [0.4, 0.5) is 5.82 Å². The molecule has 2 aromatic heterocycles. The van der Waals surface area contributed by atoms with Crippen LogP contribution in [-0.4, -0.2) is 16.4 Å². The van der Waals surface area contributed by atoms with Crippen molar-refractivity contribution < 1.29 is 4.42 Å². The van der Waals surface area contributed by atoms with Crippen molar-refractivity contribution in [3.8, 4) is 0 Å². The van der Waals surface area contributed by atoms with E-state index in [1.54, 1.807) is 12.5 Å². The molecule has 3 rings (SSSR count). The van der Waals surface area contributed by atoms with E-state index in [9.17, 15) is 0 Å². The van der Waals surface area contributed by atoms with E-state index in [1.807, 2.05) is 12.1 Å². The molecule has 4 nitrogen and oxygen atoms in total. The van der Waals surface area contributed by atoms with E-state index in [-0.39, 0.29) is 0 Å². The predicted octanol–water partition coefficient (Wildman–Crippen LogP) is 3.37. The van der Waals surface area contributed by atoms with Gasteiger partial charge in [0.2, 0.25) is 0 Å². The highest BCUT2D eigenvalue weighted by Crippen LogP contribution is 2.32. The van der Waals surface area contributed by atoms with Gasteiger partial charge in [0.1, 0.15) is 11.6 Å². The van der Waals surface area contributed by atoms with Gasteiger partial charge in [-0.25, -0.2) is 4.98 Å². The van der Waals surface area contributed by atoms with Crippen LogP contribution in [0.25, 0.3) is 0 Å². The molecular weight excluding hydrogens is 250 g/mol. The normalized spacial score (nSPS) is 20.7. The fourth-order valence-electron chi connectivity index (χ4n) is 2.96. The second-order valence-corrected chi connectivity index (χ2v) is 5.40. The maximum Gasteiger partial charge on any atom is 0.127 e. The van der Waals surface area contributed by atoms with Crippen LogP contribution in [0.1, 0.15) is 43.0 Å². The topological polar surface area (TPSA) is 55.3 Å². The van der Waals surface area contributed by atoms with Gasteiger partial charge in [0.15, 0.2) is 0 Å². The average Bonchev–Trinajstić information content (AvgIpc) is 2.89. The fourth-order valence-corrected chi connectivity index (χ4v) is 2.96. The van der Waals surface area contributed by atoms with E-state index in [2.05, 4.69) is 22.0 Å². The van der Waals surface area contributed by atoms with Crippen LogP contribution < -0.4 is 5.73 Å². The number of likely N-dealkylation sites (tertiary alicyclic amines) is 1. The Bertz CT molecular complexity index is 538. The molecule has 1 aliphatic heterocycles. The highest BCUT2D eigenvalue weighted by Gasteiger charge is 2.25. The standard InChI is InChI=1S/C16H21N3O/c17-16-13(6-4-9-18-16)12-19-10-3-1-2-7-14(19)15-8-5-11-20-15/h4-6,8-9,11,14H,1-3,7,10,12H2,(H2,17,18). The van der Waals surface area contributed by atoms with E-state index in [1.165, 1.54) is 19.3 Å². The van der Waals surface area contributed by atoms with Crippen LogP contribution in [0.2, 0.25) is 0 Å². The van der Waals surface area contributed by atoms with E-state index in [0.29, 0.717) is 11.9 Å². The van der Waals surface area contributed by atoms with Crippen LogP contribution in [-0.2, 0) is 6.54 Å². The average molecular weight is 271 g/mol. The molecule has 2 aromatic rings. The van der Waals surface area contributed by atoms with Gasteiger partial charge in [0.05, 0.1) is 12.3 Å². The van der Waals surface area contributed by atoms with Gasteiger partial charge in [-0.1, -0.05) is 18.9 Å². The van der Waals surface area contributed by atoms with Crippen molar-refractivity contribution in [3.63, 3.8) is 0 Å². The van der Waals surface area contributed by atoms with E-state index >= 15 is 0 Å². The van der Waals surface area contributed by atoms with E-state index < -0.39 is 0 Å². The lowest BCUT2D eigenvalue weighted by molar-refractivity contribution is 0.170. The molecule has 0 bridgehead atoms. The highest BCUT2D eigenvalue weighted by molar-refractivity contribution is 5.38. The van der Waals surface area contributed by atoms with Crippen molar-refractivity contribution >= 4 is 5.82 Å². The molecule has 1 saturated heterocycles. The summed E-state index contributed by atoms with van der Waals surface area (Å²) in [5, 5.41) is 0. The molecular formula is C16H21N3O. The quantitative estimate of drug-likeness (QED) is 0.930. The zero-order valence-electron chi connectivity index (χ0n) is 11.7. The maximum atomic E-state index is 5.98. The van der Waals surface area contributed by atoms with Crippen LogP contribution in [0.5, 0.6) is 0 Å². The Morgan fingerprint density at radius 2 is 2.20 bits per heavy atom. The molecule has 0 aromatic carbocycles. The molecule has 3 heterocycles. The van der Waals surface area contributed by atoms with Crippen molar-refractivity contribution in [3.05, 3.63) is 48.0 Å². The highest BCUT2D eigenvalue weighted by atomic mass is 16.3. The lowest BCUT2D eigenvalue weighted by Crippen LogP contribution is -2.28. The predicted molar refractivity (Wildman–Crippen MR) is 79.0 cm³/mol. The second-order valence-electron chi connectivity index (χ2n) is 5.40. The third-order valence-corrected chi connectivity index (χ3v) is 4.03. The van der Waals surface area contributed by atoms with Gasteiger partial charge < -0.3 is 10.2 Å². The van der Waals surface area contributed by atoms with Crippen LogP contribution in [0.3, 0.4) is 0 Å². The second kappa shape index (κ2) is 6.09. The number of hydrogen-bond donors (Lipinski definition) is 1. The Balaban J connectivity index is 1.82. The first-order valence-corrected chi connectivity index (χ1v) is 7.31. The van der Waals surface area contributed by atoms with Crippen molar-refractivity contribution in [1.29, 1.82) is 0 Å². The molecule has 20 heavy (non-hydrogen) atoms. The summed E-state index contributed by atoms with van der Waals surface area (Å²) in [7, 11) is 0. The zero-order valence-corrected chi connectivity index (χ0v) is 11.7. The van der Waals surface area contributed by atoms with Crippen molar-refractivity contribution in [2.24, 2.45) is 0 Å². The molecule has 0 aliphatic carbocycles. The van der Waals surface area contributed by atoms with Crippen molar-refractivity contribution in [2.75, 3.05) is 12.3 Å². The Morgan fingerprint density at radius 3 is 3.00 bits per heavy atom. The van der Waals surface area contributed by atoms with Gasteiger partial charge in [0.25, 0.3) is 0 Å². The Labute approximate surface area is 119 Å². The lowest BCUT2D eigenvalue weighted by atomic mass is 10.1. The molecule has 0 amide bonds. The van der Waals surface area contributed by atoms with Gasteiger partial charge in [-0.05, 0) is 37.6 Å². The number of anilines is 1. The number of aromatic nitrogens is 1. The first-order valence-electron chi connectivity index (χ1n) is 7.31. The van der Waals surface area contributed by atoms with Gasteiger partial charge >= 0.3 is 0 Å². The largest absolute Gasteiger partial charge is 0.468 e. The first-order chi connectivity index (χ1) is 9.84. The summed E-state index contributed by atoms with van der Waals surface area (Å²) in [6, 6.07) is 8.41. The fraction of sp³-hybridized carbons (Fsp3) is 0.438.